The summed E-state index contributed by atoms with van der Waals surface area (Å²) in [5.41, 5.74) is 2.85. The van der Waals surface area contributed by atoms with E-state index in [1.165, 1.54) is 34.6 Å². The number of rotatable bonds is 3. The van der Waals surface area contributed by atoms with Crippen molar-refractivity contribution in [3.05, 3.63) is 64.7 Å². The van der Waals surface area contributed by atoms with Crippen molar-refractivity contribution < 1.29 is 0 Å². The fourth-order valence-corrected chi connectivity index (χ4v) is 4.53. The van der Waals surface area contributed by atoms with E-state index in [1.54, 1.807) is 0 Å². The monoisotopic (exact) mass is 315 g/mol. The van der Waals surface area contributed by atoms with Gasteiger partial charge in [0.2, 0.25) is 0 Å². The zero-order valence-corrected chi connectivity index (χ0v) is 13.3. The van der Waals surface area contributed by atoms with Crippen LogP contribution in [0.4, 0.5) is 0 Å². The zero-order chi connectivity index (χ0) is 14.2. The zero-order valence-electron chi connectivity index (χ0n) is 11.8. The first-order chi connectivity index (χ1) is 10.3. The summed E-state index contributed by atoms with van der Waals surface area (Å²) in [6, 6.07) is 18.2. The largest absolute Gasteiger partial charge is 0.306 e. The second-order valence-corrected chi connectivity index (χ2v) is 7.47. The molecule has 2 aliphatic rings. The van der Waals surface area contributed by atoms with E-state index < -0.39 is 0 Å². The van der Waals surface area contributed by atoms with Crippen molar-refractivity contribution in [2.45, 2.75) is 35.7 Å². The Morgan fingerprint density at radius 3 is 2.81 bits per heavy atom. The quantitative estimate of drug-likeness (QED) is 0.853. The van der Waals surface area contributed by atoms with Gasteiger partial charge in [-0.05, 0) is 47.9 Å². The summed E-state index contributed by atoms with van der Waals surface area (Å²) < 4.78 is 0. The Labute approximate surface area is 135 Å². The number of benzene rings is 2. The number of hydrogen-bond donors (Lipinski definition) is 1. The van der Waals surface area contributed by atoms with E-state index in [-0.39, 0.29) is 0 Å². The third kappa shape index (κ3) is 2.85. The van der Waals surface area contributed by atoms with Crippen molar-refractivity contribution in [2.24, 2.45) is 0 Å². The molecule has 0 radical (unpaired) electrons. The maximum absolute atomic E-state index is 6.18. The lowest BCUT2D eigenvalue weighted by molar-refractivity contribution is 0.502. The molecule has 1 N–H and O–H groups in total. The fraction of sp³-hybridized carbons (Fsp3) is 0.333. The van der Waals surface area contributed by atoms with Gasteiger partial charge in [-0.1, -0.05) is 41.9 Å². The van der Waals surface area contributed by atoms with Crippen LogP contribution in [0.15, 0.2) is 53.4 Å². The maximum atomic E-state index is 6.18. The highest BCUT2D eigenvalue weighted by molar-refractivity contribution is 7.99. The third-order valence-corrected chi connectivity index (χ3v) is 5.80. The topological polar surface area (TPSA) is 12.0 Å². The standard InChI is InChI=1S/C18H18ClNS/c19-13-6-7-18-15(10-13)16(8-9-21-18)20-17-11-14(17)12-4-2-1-3-5-12/h1-7,10,14,16-17,20H,8-9,11H2. The average molecular weight is 316 g/mol. The van der Waals surface area contributed by atoms with Gasteiger partial charge in [0.05, 0.1) is 0 Å². The van der Waals surface area contributed by atoms with Gasteiger partial charge >= 0.3 is 0 Å². The third-order valence-electron chi connectivity index (χ3n) is 4.44. The van der Waals surface area contributed by atoms with Crippen LogP contribution in [0.25, 0.3) is 0 Å². The van der Waals surface area contributed by atoms with Crippen LogP contribution in [0, 0.1) is 0 Å². The summed E-state index contributed by atoms with van der Waals surface area (Å²) in [6.45, 7) is 0. The first kappa shape index (κ1) is 13.7. The normalized spacial score (nSPS) is 27.2. The minimum Gasteiger partial charge on any atom is -0.306 e. The molecule has 1 aliphatic carbocycles. The molecule has 4 rings (SSSR count). The van der Waals surface area contributed by atoms with Gasteiger partial charge < -0.3 is 5.32 Å². The van der Waals surface area contributed by atoms with Crippen molar-refractivity contribution in [3.8, 4) is 0 Å². The Hall–Kier alpha value is -0.960. The molecule has 0 amide bonds. The molecule has 3 unspecified atom stereocenters. The summed E-state index contributed by atoms with van der Waals surface area (Å²) >= 11 is 8.13. The first-order valence-corrected chi connectivity index (χ1v) is 8.91. The molecule has 1 nitrogen and oxygen atoms in total. The van der Waals surface area contributed by atoms with Crippen LogP contribution in [-0.2, 0) is 0 Å². The highest BCUT2D eigenvalue weighted by atomic mass is 35.5. The molecule has 1 aliphatic heterocycles. The van der Waals surface area contributed by atoms with Gasteiger partial charge in [-0.25, -0.2) is 0 Å². The van der Waals surface area contributed by atoms with E-state index >= 15 is 0 Å². The predicted octanol–water partition coefficient (Wildman–Crippen LogP) is 5.02. The predicted molar refractivity (Wildman–Crippen MR) is 90.3 cm³/mol. The minimum atomic E-state index is 0.457. The van der Waals surface area contributed by atoms with Crippen LogP contribution < -0.4 is 5.32 Å². The molecular formula is C18H18ClNS. The summed E-state index contributed by atoms with van der Waals surface area (Å²) in [6.07, 6.45) is 2.44. The van der Waals surface area contributed by atoms with Gasteiger partial charge in [0.15, 0.2) is 0 Å². The number of thioether (sulfide) groups is 1. The lowest BCUT2D eigenvalue weighted by Gasteiger charge is -2.26. The summed E-state index contributed by atoms with van der Waals surface area (Å²) in [7, 11) is 0. The van der Waals surface area contributed by atoms with Gasteiger partial charge in [0, 0.05) is 27.9 Å². The number of hydrogen-bond acceptors (Lipinski definition) is 2. The Morgan fingerprint density at radius 2 is 1.95 bits per heavy atom. The van der Waals surface area contributed by atoms with E-state index in [0.717, 1.165) is 5.02 Å². The van der Waals surface area contributed by atoms with Crippen molar-refractivity contribution in [1.82, 2.24) is 5.32 Å². The Bertz CT molecular complexity index is 643. The van der Waals surface area contributed by atoms with Crippen LogP contribution in [-0.4, -0.2) is 11.8 Å². The van der Waals surface area contributed by atoms with Crippen LogP contribution in [0.2, 0.25) is 5.02 Å². The van der Waals surface area contributed by atoms with Crippen molar-refractivity contribution in [1.29, 1.82) is 0 Å². The molecular weight excluding hydrogens is 298 g/mol. The summed E-state index contributed by atoms with van der Waals surface area (Å²) in [4.78, 5) is 1.39. The van der Waals surface area contributed by atoms with Gasteiger partial charge in [-0.3, -0.25) is 0 Å². The molecule has 3 heteroatoms. The molecule has 2 aromatic carbocycles. The van der Waals surface area contributed by atoms with Crippen LogP contribution in [0.5, 0.6) is 0 Å². The maximum Gasteiger partial charge on any atom is 0.0410 e. The lowest BCUT2D eigenvalue weighted by Crippen LogP contribution is -2.27. The van der Waals surface area contributed by atoms with Gasteiger partial charge in [0.25, 0.3) is 0 Å². The van der Waals surface area contributed by atoms with E-state index in [1.807, 2.05) is 17.8 Å². The second kappa shape index (κ2) is 5.68. The van der Waals surface area contributed by atoms with E-state index in [4.69, 9.17) is 11.6 Å². The Balaban J connectivity index is 1.49. The second-order valence-electron chi connectivity index (χ2n) is 5.90. The fourth-order valence-electron chi connectivity index (χ4n) is 3.24. The smallest absolute Gasteiger partial charge is 0.0410 e. The minimum absolute atomic E-state index is 0.457. The molecule has 2 aromatic rings. The SMILES string of the molecule is Clc1ccc2c(c1)C(NC1CC1c1ccccc1)CCS2. The first-order valence-electron chi connectivity index (χ1n) is 7.54. The molecule has 1 saturated carbocycles. The van der Waals surface area contributed by atoms with Crippen LogP contribution in [0.3, 0.4) is 0 Å². The number of nitrogens with one attached hydrogen (secondary N) is 1. The van der Waals surface area contributed by atoms with Crippen molar-refractivity contribution in [2.75, 3.05) is 5.75 Å². The van der Waals surface area contributed by atoms with E-state index in [2.05, 4.69) is 47.8 Å². The Morgan fingerprint density at radius 1 is 1.10 bits per heavy atom. The highest BCUT2D eigenvalue weighted by Gasteiger charge is 2.40. The molecule has 0 spiro atoms. The van der Waals surface area contributed by atoms with Gasteiger partial charge in [0.1, 0.15) is 0 Å². The van der Waals surface area contributed by atoms with Crippen molar-refractivity contribution >= 4 is 23.4 Å². The van der Waals surface area contributed by atoms with Gasteiger partial charge in [-0.15, -0.1) is 11.8 Å². The number of halogens is 1. The molecule has 1 fully saturated rings. The average Bonchev–Trinajstić information content (AvgIpc) is 3.28. The van der Waals surface area contributed by atoms with Crippen LogP contribution >= 0.6 is 23.4 Å². The summed E-state index contributed by atoms with van der Waals surface area (Å²) in [5, 5.41) is 4.70. The lowest BCUT2D eigenvalue weighted by atomic mass is 10.0. The highest BCUT2D eigenvalue weighted by Crippen LogP contribution is 2.44. The molecule has 108 valence electrons. The molecule has 1 heterocycles. The van der Waals surface area contributed by atoms with E-state index in [9.17, 15) is 0 Å². The molecule has 21 heavy (non-hydrogen) atoms. The molecule has 3 atom stereocenters. The molecule has 0 saturated heterocycles. The van der Waals surface area contributed by atoms with Crippen molar-refractivity contribution in [3.63, 3.8) is 0 Å². The molecule has 0 aromatic heterocycles. The van der Waals surface area contributed by atoms with E-state index in [0.29, 0.717) is 18.0 Å². The Kier molecular flexibility index (Phi) is 3.70. The molecule has 0 bridgehead atoms. The van der Waals surface area contributed by atoms with Crippen LogP contribution in [0.1, 0.15) is 35.9 Å². The summed E-state index contributed by atoms with van der Waals surface area (Å²) in [5.74, 6) is 1.87. The van der Waals surface area contributed by atoms with Gasteiger partial charge in [-0.2, -0.15) is 0 Å². The number of fused-ring (bicyclic) bond motifs is 1.